The Bertz CT molecular complexity index is 1280. The largest absolute Gasteiger partial charge is 0.366 e. The molecule has 1 amide bonds. The second-order valence-corrected chi connectivity index (χ2v) is 6.82. The molecule has 0 aliphatic heterocycles. The summed E-state index contributed by atoms with van der Waals surface area (Å²) in [5.41, 5.74) is 6.71. The second kappa shape index (κ2) is 7.68. The fourth-order valence-electron chi connectivity index (χ4n) is 3.52. The summed E-state index contributed by atoms with van der Waals surface area (Å²) in [6.45, 7) is 0. The van der Waals surface area contributed by atoms with Crippen molar-refractivity contribution >= 4 is 28.8 Å². The molecular weight excluding hydrogens is 398 g/mol. The van der Waals surface area contributed by atoms with Crippen LogP contribution in [0.2, 0.25) is 0 Å². The van der Waals surface area contributed by atoms with Crippen molar-refractivity contribution in [1.29, 1.82) is 0 Å². The molecule has 3 aromatic carbocycles. The molecule has 0 radical (unpaired) electrons. The van der Waals surface area contributed by atoms with Gasteiger partial charge in [0.25, 0.3) is 5.69 Å². The van der Waals surface area contributed by atoms with E-state index in [-0.39, 0.29) is 34.1 Å². The van der Waals surface area contributed by atoms with Gasteiger partial charge in [-0.05, 0) is 23.8 Å². The van der Waals surface area contributed by atoms with E-state index in [1.165, 1.54) is 24.3 Å². The molecular formula is C23H15N3O5. The summed E-state index contributed by atoms with van der Waals surface area (Å²) < 4.78 is 0. The van der Waals surface area contributed by atoms with E-state index in [9.17, 15) is 24.5 Å². The quantitative estimate of drug-likeness (QED) is 0.484. The lowest BCUT2D eigenvalue weighted by Gasteiger charge is -2.17. The van der Waals surface area contributed by atoms with Crippen LogP contribution >= 0.6 is 0 Å². The Morgan fingerprint density at radius 1 is 0.935 bits per heavy atom. The summed E-state index contributed by atoms with van der Waals surface area (Å²) in [6.07, 6.45) is 1.22. The molecule has 3 aromatic rings. The zero-order valence-electron chi connectivity index (χ0n) is 16.0. The fourth-order valence-corrected chi connectivity index (χ4v) is 3.52. The molecule has 4 rings (SSSR count). The Morgan fingerprint density at radius 3 is 2.35 bits per heavy atom. The first-order valence-corrected chi connectivity index (χ1v) is 9.21. The van der Waals surface area contributed by atoms with Crippen molar-refractivity contribution in [2.24, 2.45) is 5.73 Å². The van der Waals surface area contributed by atoms with Gasteiger partial charge in [0.05, 0.1) is 21.7 Å². The van der Waals surface area contributed by atoms with E-state index in [2.05, 4.69) is 5.32 Å². The first kappa shape index (κ1) is 19.7. The van der Waals surface area contributed by atoms with Gasteiger partial charge in [0.2, 0.25) is 11.7 Å². The third-order valence-corrected chi connectivity index (χ3v) is 4.89. The molecule has 8 nitrogen and oxygen atoms in total. The molecule has 0 bridgehead atoms. The van der Waals surface area contributed by atoms with Crippen LogP contribution in [0.3, 0.4) is 0 Å². The normalized spacial score (nSPS) is 12.7. The summed E-state index contributed by atoms with van der Waals surface area (Å²) >= 11 is 0. The third-order valence-electron chi connectivity index (χ3n) is 4.89. The van der Waals surface area contributed by atoms with E-state index < -0.39 is 10.8 Å². The lowest BCUT2D eigenvalue weighted by Crippen LogP contribution is -2.21. The van der Waals surface area contributed by atoms with Crippen LogP contribution in [0.5, 0.6) is 0 Å². The Morgan fingerprint density at radius 2 is 1.65 bits per heavy atom. The molecule has 0 atom stereocenters. The molecule has 0 fully saturated rings. The van der Waals surface area contributed by atoms with Gasteiger partial charge >= 0.3 is 0 Å². The average Bonchev–Trinajstić information content (AvgIpc) is 2.77. The fraction of sp³-hybridized carbons (Fsp3) is 0. The van der Waals surface area contributed by atoms with Crippen LogP contribution < -0.4 is 11.1 Å². The number of nitrogens with zero attached hydrogens (tertiary/aromatic N) is 1. The lowest BCUT2D eigenvalue weighted by molar-refractivity contribution is -0.384. The number of hydrogen-bond donors (Lipinski definition) is 2. The van der Waals surface area contributed by atoms with Gasteiger partial charge in [-0.1, -0.05) is 42.5 Å². The Kier molecular flexibility index (Phi) is 4.88. The van der Waals surface area contributed by atoms with E-state index in [1.807, 2.05) is 0 Å². The van der Waals surface area contributed by atoms with Crippen molar-refractivity contribution in [3.63, 3.8) is 0 Å². The van der Waals surface area contributed by atoms with Crippen LogP contribution in [0.4, 0.5) is 11.4 Å². The van der Waals surface area contributed by atoms with Gasteiger partial charge in [-0.3, -0.25) is 24.5 Å². The molecule has 0 saturated carbocycles. The van der Waals surface area contributed by atoms with Crippen molar-refractivity contribution in [3.8, 4) is 11.1 Å². The average molecular weight is 413 g/mol. The molecule has 3 N–H and O–H groups in total. The molecule has 31 heavy (non-hydrogen) atoms. The van der Waals surface area contributed by atoms with Crippen LogP contribution in [0.25, 0.3) is 11.1 Å². The number of carbonyl (C=O) groups is 3. The number of nitro groups is 1. The maximum atomic E-state index is 12.8. The van der Waals surface area contributed by atoms with Gasteiger partial charge in [0.15, 0.2) is 5.78 Å². The van der Waals surface area contributed by atoms with Crippen molar-refractivity contribution in [3.05, 3.63) is 105 Å². The van der Waals surface area contributed by atoms with Crippen molar-refractivity contribution in [2.75, 3.05) is 5.32 Å². The SMILES string of the molecule is NC(=O)c1cccc([N+](=O)[O-])c1-c1cccc(NC2=CC(=O)c3ccccc3C2=O)c1. The summed E-state index contributed by atoms with van der Waals surface area (Å²) in [7, 11) is 0. The molecule has 0 heterocycles. The summed E-state index contributed by atoms with van der Waals surface area (Å²) in [5.74, 6) is -1.45. The Labute approximate surface area is 176 Å². The van der Waals surface area contributed by atoms with Crippen LogP contribution in [0, 0.1) is 10.1 Å². The molecule has 0 saturated heterocycles. The lowest BCUT2D eigenvalue weighted by atomic mass is 9.92. The zero-order valence-corrected chi connectivity index (χ0v) is 16.0. The smallest absolute Gasteiger partial charge is 0.278 e. The van der Waals surface area contributed by atoms with E-state index in [1.54, 1.807) is 48.5 Å². The first-order chi connectivity index (χ1) is 14.9. The minimum Gasteiger partial charge on any atom is -0.366 e. The molecule has 8 heteroatoms. The molecule has 0 spiro atoms. The van der Waals surface area contributed by atoms with Crippen LogP contribution in [0.1, 0.15) is 31.1 Å². The number of nitrogens with two attached hydrogens (primary N) is 1. The molecule has 152 valence electrons. The summed E-state index contributed by atoms with van der Waals surface area (Å²) in [5, 5.41) is 14.4. The van der Waals surface area contributed by atoms with Gasteiger partial charge in [-0.2, -0.15) is 0 Å². The number of ketones is 2. The number of primary amides is 1. The topological polar surface area (TPSA) is 132 Å². The monoisotopic (exact) mass is 413 g/mol. The maximum absolute atomic E-state index is 12.8. The molecule has 1 aliphatic rings. The van der Waals surface area contributed by atoms with Gasteiger partial charge in [-0.25, -0.2) is 0 Å². The van der Waals surface area contributed by atoms with Crippen molar-refractivity contribution < 1.29 is 19.3 Å². The number of fused-ring (bicyclic) bond motifs is 1. The van der Waals surface area contributed by atoms with E-state index in [4.69, 9.17) is 5.73 Å². The molecule has 0 unspecified atom stereocenters. The Hall–Kier alpha value is -4.59. The zero-order chi connectivity index (χ0) is 22.1. The number of carbonyl (C=O) groups excluding carboxylic acids is 3. The van der Waals surface area contributed by atoms with E-state index in [0.717, 1.165) is 0 Å². The number of rotatable bonds is 5. The standard InChI is InChI=1S/C23H15N3O5/c24-23(29)17-9-4-10-19(26(30)31)21(17)13-5-3-6-14(11-13)25-18-12-20(27)15-7-1-2-8-16(15)22(18)28/h1-12,25H,(H2,24,29). The van der Waals surface area contributed by atoms with Gasteiger partial charge in [0, 0.05) is 29.0 Å². The second-order valence-electron chi connectivity index (χ2n) is 6.82. The number of allylic oxidation sites excluding steroid dienone is 2. The first-order valence-electron chi connectivity index (χ1n) is 9.21. The summed E-state index contributed by atoms with van der Waals surface area (Å²) in [6, 6.07) is 17.0. The predicted molar refractivity (Wildman–Crippen MR) is 114 cm³/mol. The number of hydrogen-bond acceptors (Lipinski definition) is 6. The van der Waals surface area contributed by atoms with E-state index >= 15 is 0 Å². The molecule has 1 aliphatic carbocycles. The van der Waals surface area contributed by atoms with Crippen molar-refractivity contribution in [2.45, 2.75) is 0 Å². The maximum Gasteiger partial charge on any atom is 0.278 e. The Balaban J connectivity index is 1.75. The highest BCUT2D eigenvalue weighted by Crippen LogP contribution is 2.35. The van der Waals surface area contributed by atoms with Crippen LogP contribution in [0.15, 0.2) is 78.5 Å². The number of amides is 1. The number of nitrogens with one attached hydrogen (secondary N) is 1. The number of anilines is 1. The van der Waals surface area contributed by atoms with Gasteiger partial charge < -0.3 is 11.1 Å². The highest BCUT2D eigenvalue weighted by atomic mass is 16.6. The predicted octanol–water partition coefficient (Wildman–Crippen LogP) is 3.74. The highest BCUT2D eigenvalue weighted by Gasteiger charge is 2.26. The summed E-state index contributed by atoms with van der Waals surface area (Å²) in [4.78, 5) is 47.9. The van der Waals surface area contributed by atoms with Crippen molar-refractivity contribution in [1.82, 2.24) is 0 Å². The number of Topliss-reactive ketones (excluding diaryl/α,β-unsaturated/α-hetero) is 1. The highest BCUT2D eigenvalue weighted by molar-refractivity contribution is 6.25. The minimum atomic E-state index is -0.801. The number of benzene rings is 3. The van der Waals surface area contributed by atoms with Crippen LogP contribution in [-0.2, 0) is 0 Å². The molecule has 0 aromatic heterocycles. The number of nitro benzene ring substituents is 1. The van der Waals surface area contributed by atoms with Gasteiger partial charge in [0.1, 0.15) is 0 Å². The van der Waals surface area contributed by atoms with Gasteiger partial charge in [-0.15, -0.1) is 0 Å². The van der Waals surface area contributed by atoms with Crippen LogP contribution in [-0.4, -0.2) is 22.4 Å². The minimum absolute atomic E-state index is 0.00316. The third kappa shape index (κ3) is 3.58. The van der Waals surface area contributed by atoms with E-state index in [0.29, 0.717) is 22.4 Å².